The Bertz CT molecular complexity index is 1590. The highest BCUT2D eigenvalue weighted by Crippen LogP contribution is 2.17. The van der Waals surface area contributed by atoms with E-state index in [9.17, 15) is 28.8 Å². The van der Waals surface area contributed by atoms with Crippen molar-refractivity contribution in [3.05, 3.63) is 83.9 Å². The molecule has 0 saturated carbocycles. The third-order valence-corrected chi connectivity index (χ3v) is 7.89. The number of Topliss-reactive ketones (excluding diaryl/α,β-unsaturated/α-hetero) is 1. The zero-order chi connectivity index (χ0) is 35.2. The molecule has 0 saturated heterocycles. The van der Waals surface area contributed by atoms with E-state index in [1.807, 2.05) is 74.5 Å². The third-order valence-electron chi connectivity index (χ3n) is 7.89. The van der Waals surface area contributed by atoms with Crippen LogP contribution in [0.1, 0.15) is 51.7 Å². The molecular weight excluding hydrogens is 614 g/mol. The summed E-state index contributed by atoms with van der Waals surface area (Å²) in [5, 5.41) is 12.0. The largest absolute Gasteiger partial charge is 0.445 e. The van der Waals surface area contributed by atoms with Crippen molar-refractivity contribution in [1.82, 2.24) is 21.3 Å². The molecule has 12 nitrogen and oxygen atoms in total. The van der Waals surface area contributed by atoms with E-state index < -0.39 is 66.1 Å². The number of amides is 5. The summed E-state index contributed by atoms with van der Waals surface area (Å²) in [6, 6.07) is 19.1. The molecule has 0 aliphatic heterocycles. The normalized spacial score (nSPS) is 13.4. The van der Waals surface area contributed by atoms with E-state index in [2.05, 4.69) is 21.3 Å². The zero-order valence-electron chi connectivity index (χ0n) is 27.8. The quantitative estimate of drug-likeness (QED) is 0.138. The number of nitrogens with one attached hydrogen (secondary N) is 4. The Morgan fingerprint density at radius 3 is 2.08 bits per heavy atom. The predicted molar refractivity (Wildman–Crippen MR) is 181 cm³/mol. The van der Waals surface area contributed by atoms with Gasteiger partial charge in [-0.3, -0.25) is 24.0 Å². The van der Waals surface area contributed by atoms with Crippen LogP contribution in [0.15, 0.2) is 72.8 Å². The first-order chi connectivity index (χ1) is 22.9. The molecular formula is C36H45N5O7. The van der Waals surface area contributed by atoms with Crippen molar-refractivity contribution in [2.24, 2.45) is 17.6 Å². The lowest BCUT2D eigenvalue weighted by atomic mass is 9.94. The Labute approximate surface area is 280 Å². The van der Waals surface area contributed by atoms with Crippen molar-refractivity contribution in [3.8, 4) is 0 Å². The Hall–Kier alpha value is -5.26. The maximum Gasteiger partial charge on any atom is 0.408 e. The molecule has 3 rings (SSSR count). The van der Waals surface area contributed by atoms with E-state index in [4.69, 9.17) is 10.5 Å². The third kappa shape index (κ3) is 11.5. The van der Waals surface area contributed by atoms with Gasteiger partial charge in [0.15, 0.2) is 0 Å². The van der Waals surface area contributed by atoms with Crippen LogP contribution in [0.5, 0.6) is 0 Å². The molecule has 0 aromatic heterocycles. The van der Waals surface area contributed by atoms with Gasteiger partial charge in [-0.05, 0) is 40.2 Å². The second kappa shape index (κ2) is 18.2. The molecule has 4 unspecified atom stereocenters. The van der Waals surface area contributed by atoms with Gasteiger partial charge >= 0.3 is 6.09 Å². The van der Waals surface area contributed by atoms with Gasteiger partial charge in [-0.2, -0.15) is 0 Å². The van der Waals surface area contributed by atoms with Crippen LogP contribution in [-0.4, -0.2) is 60.2 Å². The zero-order valence-corrected chi connectivity index (χ0v) is 27.8. The maximum absolute atomic E-state index is 13.3. The summed E-state index contributed by atoms with van der Waals surface area (Å²) in [6.45, 7) is 6.65. The molecule has 0 heterocycles. The van der Waals surface area contributed by atoms with Crippen LogP contribution < -0.4 is 27.0 Å². The molecule has 0 aliphatic carbocycles. The standard InChI is InChI=1S/C36H45N5O7/c1-5-23(4)31(41-34(45)29(17-22(2)3)40-36(47)48-21-24-11-7-6-8-12-24)32(43)35(46)38-20-30(42)39-28(33(37)44)19-25-15-16-26-13-9-10-14-27(26)18-25/h6-16,18,22-23,28-29,31H,5,17,19-21H2,1-4H3,(H2,37,44)(H,38,46)(H,39,42)(H,40,47)(H,41,45). The smallest absolute Gasteiger partial charge is 0.408 e. The Morgan fingerprint density at radius 2 is 1.44 bits per heavy atom. The molecule has 256 valence electrons. The number of carbonyl (C=O) groups is 6. The van der Waals surface area contributed by atoms with Crippen LogP contribution in [-0.2, 0) is 41.7 Å². The monoisotopic (exact) mass is 659 g/mol. The second-order valence-corrected chi connectivity index (χ2v) is 12.2. The molecule has 12 heteroatoms. The fourth-order valence-corrected chi connectivity index (χ4v) is 5.02. The number of fused-ring (bicyclic) bond motifs is 1. The lowest BCUT2D eigenvalue weighted by Gasteiger charge is -2.26. The summed E-state index contributed by atoms with van der Waals surface area (Å²) in [5.41, 5.74) is 7.09. The lowest BCUT2D eigenvalue weighted by molar-refractivity contribution is -0.141. The summed E-state index contributed by atoms with van der Waals surface area (Å²) in [7, 11) is 0. The molecule has 3 aromatic carbocycles. The molecule has 6 N–H and O–H groups in total. The number of carbonyl (C=O) groups excluding carboxylic acids is 6. The average Bonchev–Trinajstić information content (AvgIpc) is 3.07. The molecule has 0 radical (unpaired) electrons. The molecule has 0 aliphatic rings. The molecule has 48 heavy (non-hydrogen) atoms. The van der Waals surface area contributed by atoms with Gasteiger partial charge in [-0.25, -0.2) is 4.79 Å². The van der Waals surface area contributed by atoms with Gasteiger partial charge in [0.05, 0.1) is 12.6 Å². The SMILES string of the molecule is CCC(C)C(NC(=O)C(CC(C)C)NC(=O)OCc1ccccc1)C(=O)C(=O)NCC(=O)NC(Cc1ccc2ccccc2c1)C(N)=O. The minimum Gasteiger partial charge on any atom is -0.445 e. The summed E-state index contributed by atoms with van der Waals surface area (Å²) < 4.78 is 5.27. The number of primary amides is 1. The van der Waals surface area contributed by atoms with E-state index in [1.54, 1.807) is 26.0 Å². The second-order valence-electron chi connectivity index (χ2n) is 12.2. The highest BCUT2D eigenvalue weighted by Gasteiger charge is 2.34. The van der Waals surface area contributed by atoms with E-state index in [-0.39, 0.29) is 25.4 Å². The van der Waals surface area contributed by atoms with Crippen molar-refractivity contribution < 1.29 is 33.5 Å². The van der Waals surface area contributed by atoms with Crippen molar-refractivity contribution in [2.75, 3.05) is 6.54 Å². The fourth-order valence-electron chi connectivity index (χ4n) is 5.02. The van der Waals surface area contributed by atoms with E-state index in [0.717, 1.165) is 21.9 Å². The highest BCUT2D eigenvalue weighted by molar-refractivity contribution is 6.38. The van der Waals surface area contributed by atoms with Crippen LogP contribution in [0.25, 0.3) is 10.8 Å². The molecule has 0 bridgehead atoms. The minimum atomic E-state index is -1.23. The van der Waals surface area contributed by atoms with Gasteiger partial charge in [-0.15, -0.1) is 0 Å². The number of ether oxygens (including phenoxy) is 1. The molecule has 0 fully saturated rings. The lowest BCUT2D eigenvalue weighted by Crippen LogP contribution is -2.56. The van der Waals surface area contributed by atoms with Crippen molar-refractivity contribution in [3.63, 3.8) is 0 Å². The number of hydrogen-bond donors (Lipinski definition) is 5. The molecule has 5 amide bonds. The molecule has 3 aromatic rings. The van der Waals surface area contributed by atoms with Gasteiger partial charge in [0.2, 0.25) is 23.5 Å². The fraction of sp³-hybridized carbons (Fsp3) is 0.389. The summed E-state index contributed by atoms with van der Waals surface area (Å²) >= 11 is 0. The maximum atomic E-state index is 13.3. The number of nitrogens with two attached hydrogens (primary N) is 1. The van der Waals surface area contributed by atoms with Gasteiger partial charge < -0.3 is 31.7 Å². The van der Waals surface area contributed by atoms with Crippen LogP contribution in [0.4, 0.5) is 4.79 Å². The number of benzene rings is 3. The number of alkyl carbamates (subject to hydrolysis) is 1. The number of hydrogen-bond acceptors (Lipinski definition) is 7. The van der Waals surface area contributed by atoms with Gasteiger partial charge in [0.25, 0.3) is 5.91 Å². The van der Waals surface area contributed by atoms with Crippen LogP contribution in [0.2, 0.25) is 0 Å². The molecule has 0 spiro atoms. The highest BCUT2D eigenvalue weighted by atomic mass is 16.5. The van der Waals surface area contributed by atoms with Crippen molar-refractivity contribution in [1.29, 1.82) is 0 Å². The van der Waals surface area contributed by atoms with E-state index in [0.29, 0.717) is 6.42 Å². The van der Waals surface area contributed by atoms with Gasteiger partial charge in [0.1, 0.15) is 18.7 Å². The van der Waals surface area contributed by atoms with Crippen LogP contribution in [0.3, 0.4) is 0 Å². The Kier molecular flexibility index (Phi) is 14.1. The number of rotatable bonds is 17. The average molecular weight is 660 g/mol. The predicted octanol–water partition coefficient (Wildman–Crippen LogP) is 2.91. The summed E-state index contributed by atoms with van der Waals surface area (Å²) in [4.78, 5) is 76.9. The van der Waals surface area contributed by atoms with E-state index in [1.165, 1.54) is 0 Å². The van der Waals surface area contributed by atoms with Gasteiger partial charge in [-0.1, -0.05) is 107 Å². The first-order valence-corrected chi connectivity index (χ1v) is 16.0. The first kappa shape index (κ1) is 37.2. The Morgan fingerprint density at radius 1 is 0.771 bits per heavy atom. The van der Waals surface area contributed by atoms with Gasteiger partial charge in [0, 0.05) is 6.42 Å². The topological polar surface area (TPSA) is 186 Å². The van der Waals surface area contributed by atoms with E-state index >= 15 is 0 Å². The number of ketones is 1. The van der Waals surface area contributed by atoms with Crippen molar-refractivity contribution >= 4 is 46.3 Å². The van der Waals surface area contributed by atoms with Crippen LogP contribution in [0, 0.1) is 11.8 Å². The van der Waals surface area contributed by atoms with Crippen molar-refractivity contribution in [2.45, 2.75) is 71.7 Å². The summed E-state index contributed by atoms with van der Waals surface area (Å²) in [5.74, 6) is -4.62. The van der Waals surface area contributed by atoms with Crippen LogP contribution >= 0.6 is 0 Å². The molecule has 4 atom stereocenters. The minimum absolute atomic E-state index is 0.000185. The summed E-state index contributed by atoms with van der Waals surface area (Å²) in [6.07, 6.45) is 0.0257. The Balaban J connectivity index is 1.59. The first-order valence-electron chi connectivity index (χ1n) is 16.0.